The topological polar surface area (TPSA) is 70.6 Å². The molecule has 0 saturated heterocycles. The summed E-state index contributed by atoms with van der Waals surface area (Å²) >= 11 is 6.72. The molecule has 0 amide bonds. The van der Waals surface area contributed by atoms with E-state index in [9.17, 15) is 8.42 Å². The van der Waals surface area contributed by atoms with Crippen LogP contribution in [0.3, 0.4) is 0 Å². The second-order valence-corrected chi connectivity index (χ2v) is 6.12. The third-order valence-electron chi connectivity index (χ3n) is 1.62. The van der Waals surface area contributed by atoms with Gasteiger partial charge in [-0.3, -0.25) is 4.99 Å². The molecule has 2 N–H and O–H groups in total. The third kappa shape index (κ3) is 1.47. The number of sulfonamides is 1. The number of hydrogen-bond acceptors (Lipinski definition) is 4. The number of thiophene rings is 1. The molecular formula is C6H6ClN3O2S2. The zero-order valence-electron chi connectivity index (χ0n) is 7.04. The Morgan fingerprint density at radius 3 is 2.93 bits per heavy atom. The van der Waals surface area contributed by atoms with Crippen LogP contribution in [0.2, 0.25) is 4.34 Å². The second kappa shape index (κ2) is 3.11. The highest BCUT2D eigenvalue weighted by atomic mass is 35.5. The van der Waals surface area contributed by atoms with Gasteiger partial charge in [0.2, 0.25) is 5.96 Å². The molecule has 0 saturated carbocycles. The highest BCUT2D eigenvalue weighted by Gasteiger charge is 2.28. The van der Waals surface area contributed by atoms with Crippen LogP contribution in [0.1, 0.15) is 0 Å². The van der Waals surface area contributed by atoms with E-state index in [1.807, 2.05) is 0 Å². The first-order valence-corrected chi connectivity index (χ1v) is 6.26. The average molecular weight is 252 g/mol. The van der Waals surface area contributed by atoms with Crippen molar-refractivity contribution < 1.29 is 8.42 Å². The van der Waals surface area contributed by atoms with Crippen molar-refractivity contribution in [2.75, 3.05) is 12.4 Å². The number of nitrogens with one attached hydrogen (secondary N) is 2. The number of fused-ring (bicyclic) bond motifs is 1. The van der Waals surface area contributed by atoms with E-state index in [2.05, 4.69) is 15.0 Å². The van der Waals surface area contributed by atoms with Crippen molar-refractivity contribution in [3.05, 3.63) is 10.4 Å². The van der Waals surface area contributed by atoms with Crippen LogP contribution in [0.15, 0.2) is 15.3 Å². The first-order chi connectivity index (χ1) is 6.53. The molecule has 0 radical (unpaired) electrons. The molecular weight excluding hydrogens is 246 g/mol. The van der Waals surface area contributed by atoms with Crippen molar-refractivity contribution in [3.8, 4) is 0 Å². The molecule has 5 nitrogen and oxygen atoms in total. The van der Waals surface area contributed by atoms with E-state index in [0.29, 0.717) is 10.0 Å². The summed E-state index contributed by atoms with van der Waals surface area (Å²) in [6.07, 6.45) is 0. The predicted molar refractivity (Wildman–Crippen MR) is 56.6 cm³/mol. The van der Waals surface area contributed by atoms with Crippen molar-refractivity contribution in [2.24, 2.45) is 4.99 Å². The standard InChI is InChI=1S/C6H6ClN3O2S2/c1-8-6-9-3-2-4(7)13-5(3)14(11,12)10-6/h2H,1H3,(H2,8,9,10). The highest BCUT2D eigenvalue weighted by Crippen LogP contribution is 2.36. The van der Waals surface area contributed by atoms with Gasteiger partial charge in [0.25, 0.3) is 10.0 Å². The molecule has 1 aliphatic heterocycles. The lowest BCUT2D eigenvalue weighted by Gasteiger charge is -2.17. The Morgan fingerprint density at radius 1 is 1.57 bits per heavy atom. The smallest absolute Gasteiger partial charge is 0.275 e. The number of rotatable bonds is 0. The average Bonchev–Trinajstić information content (AvgIpc) is 2.45. The van der Waals surface area contributed by atoms with E-state index in [0.717, 1.165) is 11.3 Å². The van der Waals surface area contributed by atoms with Crippen LogP contribution in [0.4, 0.5) is 5.69 Å². The predicted octanol–water partition coefficient (Wildman–Crippen LogP) is 1.09. The Kier molecular flexibility index (Phi) is 2.17. The summed E-state index contributed by atoms with van der Waals surface area (Å²) in [7, 11) is -2.00. The van der Waals surface area contributed by atoms with Gasteiger partial charge in [0, 0.05) is 7.05 Å². The maximum atomic E-state index is 11.6. The molecule has 0 unspecified atom stereocenters. The molecule has 0 atom stereocenters. The Labute approximate surface area is 89.9 Å². The fourth-order valence-corrected chi connectivity index (χ4v) is 3.83. The highest BCUT2D eigenvalue weighted by molar-refractivity contribution is 7.92. The normalized spacial score (nSPS) is 21.1. The molecule has 0 bridgehead atoms. The van der Waals surface area contributed by atoms with Gasteiger partial charge < -0.3 is 5.32 Å². The van der Waals surface area contributed by atoms with Crippen LogP contribution in [0.25, 0.3) is 0 Å². The van der Waals surface area contributed by atoms with Crippen molar-refractivity contribution in [1.82, 2.24) is 4.72 Å². The SMILES string of the molecule is CN=C1Nc2cc(Cl)sc2S(=O)(=O)N1. The van der Waals surface area contributed by atoms with E-state index in [-0.39, 0.29) is 10.2 Å². The minimum atomic E-state index is -3.49. The zero-order valence-corrected chi connectivity index (χ0v) is 9.42. The minimum Gasteiger partial charge on any atom is -0.324 e. The van der Waals surface area contributed by atoms with Gasteiger partial charge >= 0.3 is 0 Å². The van der Waals surface area contributed by atoms with Crippen molar-refractivity contribution >= 4 is 44.6 Å². The molecule has 0 aliphatic carbocycles. The Morgan fingerprint density at radius 2 is 2.29 bits per heavy atom. The fraction of sp³-hybridized carbons (Fsp3) is 0.167. The van der Waals surface area contributed by atoms with E-state index < -0.39 is 10.0 Å². The van der Waals surface area contributed by atoms with Crippen molar-refractivity contribution in [1.29, 1.82) is 0 Å². The number of hydrogen-bond donors (Lipinski definition) is 2. The van der Waals surface area contributed by atoms with Gasteiger partial charge in [-0.05, 0) is 6.07 Å². The first-order valence-electron chi connectivity index (χ1n) is 3.59. The number of aliphatic imine (C=N–C) groups is 1. The van der Waals surface area contributed by atoms with E-state index in [1.54, 1.807) is 6.07 Å². The fourth-order valence-electron chi connectivity index (χ4n) is 1.06. The molecule has 1 aliphatic rings. The van der Waals surface area contributed by atoms with Crippen molar-refractivity contribution in [3.63, 3.8) is 0 Å². The quantitative estimate of drug-likeness (QED) is 0.725. The van der Waals surface area contributed by atoms with E-state index >= 15 is 0 Å². The third-order valence-corrected chi connectivity index (χ3v) is 4.76. The number of halogens is 1. The Balaban J connectivity index is 2.63. The lowest BCUT2D eigenvalue weighted by molar-refractivity contribution is 0.594. The maximum Gasteiger partial charge on any atom is 0.275 e. The van der Waals surface area contributed by atoms with Gasteiger partial charge in [-0.2, -0.15) is 0 Å². The van der Waals surface area contributed by atoms with Gasteiger partial charge in [0.1, 0.15) is 0 Å². The lowest BCUT2D eigenvalue weighted by Crippen LogP contribution is -2.39. The van der Waals surface area contributed by atoms with E-state index in [4.69, 9.17) is 11.6 Å². The summed E-state index contributed by atoms with van der Waals surface area (Å²) in [6, 6.07) is 1.56. The summed E-state index contributed by atoms with van der Waals surface area (Å²) in [5.74, 6) is 0.201. The molecule has 0 spiro atoms. The summed E-state index contributed by atoms with van der Waals surface area (Å²) in [5, 5.41) is 2.81. The summed E-state index contributed by atoms with van der Waals surface area (Å²) in [4.78, 5) is 3.73. The van der Waals surface area contributed by atoms with E-state index in [1.165, 1.54) is 7.05 Å². The Bertz CT molecular complexity index is 505. The lowest BCUT2D eigenvalue weighted by atomic mass is 10.5. The first kappa shape index (κ1) is 9.75. The summed E-state index contributed by atoms with van der Waals surface area (Å²) in [5.41, 5.74) is 0.472. The molecule has 8 heteroatoms. The number of nitrogens with zero attached hydrogens (tertiary/aromatic N) is 1. The monoisotopic (exact) mass is 251 g/mol. The van der Waals surface area contributed by atoms with Gasteiger partial charge in [0.15, 0.2) is 4.21 Å². The van der Waals surface area contributed by atoms with Crippen LogP contribution in [-0.2, 0) is 10.0 Å². The van der Waals surface area contributed by atoms with Crippen LogP contribution < -0.4 is 10.0 Å². The molecule has 1 aromatic heterocycles. The van der Waals surface area contributed by atoms with Gasteiger partial charge in [-0.15, -0.1) is 11.3 Å². The molecule has 1 aromatic rings. The minimum absolute atomic E-state index is 0.190. The number of anilines is 1. The van der Waals surface area contributed by atoms with Crippen LogP contribution in [-0.4, -0.2) is 21.4 Å². The second-order valence-electron chi connectivity index (χ2n) is 2.55. The molecule has 76 valence electrons. The maximum absolute atomic E-state index is 11.6. The largest absolute Gasteiger partial charge is 0.324 e. The van der Waals surface area contributed by atoms with Gasteiger partial charge in [-0.25, -0.2) is 13.1 Å². The van der Waals surface area contributed by atoms with Crippen LogP contribution >= 0.6 is 22.9 Å². The molecule has 0 aromatic carbocycles. The summed E-state index contributed by atoms with van der Waals surface area (Å²) < 4.78 is 26.0. The molecule has 2 heterocycles. The van der Waals surface area contributed by atoms with Gasteiger partial charge in [-0.1, -0.05) is 11.6 Å². The van der Waals surface area contributed by atoms with Crippen molar-refractivity contribution in [2.45, 2.75) is 4.21 Å². The van der Waals surface area contributed by atoms with Crippen LogP contribution in [0.5, 0.6) is 0 Å². The van der Waals surface area contributed by atoms with Gasteiger partial charge in [0.05, 0.1) is 10.0 Å². The summed E-state index contributed by atoms with van der Waals surface area (Å²) in [6.45, 7) is 0. The molecule has 2 rings (SSSR count). The molecule has 0 fully saturated rings. The Hall–Kier alpha value is -0.790. The van der Waals surface area contributed by atoms with Crippen LogP contribution in [0, 0.1) is 0 Å². The molecule has 14 heavy (non-hydrogen) atoms. The number of guanidine groups is 1. The zero-order chi connectivity index (χ0) is 10.3.